The molecule has 2 aromatic rings. The molecule has 1 N–H and O–H groups in total. The van der Waals surface area contributed by atoms with Gasteiger partial charge < -0.3 is 5.32 Å². The second-order valence-electron chi connectivity index (χ2n) is 4.88. The molecule has 102 valence electrons. The third kappa shape index (κ3) is 2.82. The highest BCUT2D eigenvalue weighted by Crippen LogP contribution is 2.38. The van der Waals surface area contributed by atoms with Crippen LogP contribution in [0.15, 0.2) is 36.7 Å². The molecule has 1 heterocycles. The SMILES string of the molecule is O=C(NCc1ccccc1F)c1cc(C2CC2)ncn1. The van der Waals surface area contributed by atoms with E-state index >= 15 is 0 Å². The van der Waals surface area contributed by atoms with Gasteiger partial charge in [-0.15, -0.1) is 0 Å². The highest BCUT2D eigenvalue weighted by atomic mass is 19.1. The van der Waals surface area contributed by atoms with Crippen LogP contribution >= 0.6 is 0 Å². The average molecular weight is 271 g/mol. The van der Waals surface area contributed by atoms with Crippen LogP contribution in [0, 0.1) is 5.82 Å². The van der Waals surface area contributed by atoms with Crippen LogP contribution in [0.4, 0.5) is 4.39 Å². The van der Waals surface area contributed by atoms with Gasteiger partial charge in [0.15, 0.2) is 0 Å². The maximum absolute atomic E-state index is 13.4. The normalized spacial score (nSPS) is 14.1. The van der Waals surface area contributed by atoms with Gasteiger partial charge in [-0.1, -0.05) is 18.2 Å². The van der Waals surface area contributed by atoms with E-state index in [1.54, 1.807) is 24.3 Å². The molecule has 1 aromatic carbocycles. The number of carbonyl (C=O) groups excluding carboxylic acids is 1. The van der Waals surface area contributed by atoms with Gasteiger partial charge in [-0.05, 0) is 25.0 Å². The first-order valence-electron chi connectivity index (χ1n) is 6.57. The van der Waals surface area contributed by atoms with Crippen LogP contribution in [0.3, 0.4) is 0 Å². The van der Waals surface area contributed by atoms with Crippen molar-refractivity contribution in [3.05, 3.63) is 59.4 Å². The highest BCUT2D eigenvalue weighted by molar-refractivity contribution is 5.92. The molecule has 1 aromatic heterocycles. The van der Waals surface area contributed by atoms with Crippen molar-refractivity contribution in [3.63, 3.8) is 0 Å². The minimum absolute atomic E-state index is 0.147. The maximum atomic E-state index is 13.4. The second kappa shape index (κ2) is 5.36. The zero-order valence-electron chi connectivity index (χ0n) is 10.8. The first-order valence-corrected chi connectivity index (χ1v) is 6.57. The molecule has 1 fully saturated rings. The van der Waals surface area contributed by atoms with Gasteiger partial charge in [-0.2, -0.15) is 0 Å². The fraction of sp³-hybridized carbons (Fsp3) is 0.267. The van der Waals surface area contributed by atoms with Crippen molar-refractivity contribution < 1.29 is 9.18 Å². The quantitative estimate of drug-likeness (QED) is 0.929. The fourth-order valence-corrected chi connectivity index (χ4v) is 2.01. The molecule has 1 aliphatic carbocycles. The van der Waals surface area contributed by atoms with E-state index in [0.29, 0.717) is 17.2 Å². The van der Waals surface area contributed by atoms with Crippen LogP contribution in [0.1, 0.15) is 40.5 Å². The van der Waals surface area contributed by atoms with Gasteiger partial charge in [0.05, 0.1) is 0 Å². The van der Waals surface area contributed by atoms with Crippen molar-refractivity contribution in [2.45, 2.75) is 25.3 Å². The minimum Gasteiger partial charge on any atom is -0.347 e. The van der Waals surface area contributed by atoms with E-state index in [1.165, 1.54) is 12.4 Å². The second-order valence-corrected chi connectivity index (χ2v) is 4.88. The Morgan fingerprint density at radius 2 is 2.10 bits per heavy atom. The number of rotatable bonds is 4. The summed E-state index contributed by atoms with van der Waals surface area (Å²) in [7, 11) is 0. The Morgan fingerprint density at radius 3 is 2.85 bits per heavy atom. The van der Waals surface area contributed by atoms with Gasteiger partial charge >= 0.3 is 0 Å². The Balaban J connectivity index is 1.67. The van der Waals surface area contributed by atoms with Gasteiger partial charge in [0.2, 0.25) is 0 Å². The number of nitrogens with zero attached hydrogens (tertiary/aromatic N) is 2. The predicted molar refractivity (Wildman–Crippen MR) is 71.6 cm³/mol. The van der Waals surface area contributed by atoms with Crippen molar-refractivity contribution in [1.29, 1.82) is 0 Å². The van der Waals surface area contributed by atoms with Gasteiger partial charge in [0, 0.05) is 23.7 Å². The summed E-state index contributed by atoms with van der Waals surface area (Å²) in [6.07, 6.45) is 3.65. The summed E-state index contributed by atoms with van der Waals surface area (Å²) in [4.78, 5) is 20.1. The van der Waals surface area contributed by atoms with E-state index < -0.39 is 0 Å². The molecule has 0 unspecified atom stereocenters. The lowest BCUT2D eigenvalue weighted by molar-refractivity contribution is 0.0945. The molecule has 20 heavy (non-hydrogen) atoms. The number of amides is 1. The molecular formula is C15H14FN3O. The molecular weight excluding hydrogens is 257 g/mol. The smallest absolute Gasteiger partial charge is 0.270 e. The van der Waals surface area contributed by atoms with Crippen molar-refractivity contribution >= 4 is 5.91 Å². The monoisotopic (exact) mass is 271 g/mol. The van der Waals surface area contributed by atoms with Gasteiger partial charge in [0.1, 0.15) is 17.8 Å². The van der Waals surface area contributed by atoms with Crippen LogP contribution in [0.5, 0.6) is 0 Å². The number of halogens is 1. The molecule has 1 saturated carbocycles. The Labute approximate surface area is 116 Å². The number of nitrogens with one attached hydrogen (secondary N) is 1. The Bertz CT molecular complexity index is 641. The number of hydrogen-bond donors (Lipinski definition) is 1. The van der Waals surface area contributed by atoms with Gasteiger partial charge in [-0.3, -0.25) is 4.79 Å². The van der Waals surface area contributed by atoms with Crippen molar-refractivity contribution in [2.24, 2.45) is 0 Å². The number of benzene rings is 1. The fourth-order valence-electron chi connectivity index (χ4n) is 2.01. The first-order chi connectivity index (χ1) is 9.74. The molecule has 5 heteroatoms. The lowest BCUT2D eigenvalue weighted by atomic mass is 10.2. The van der Waals surface area contributed by atoms with E-state index in [9.17, 15) is 9.18 Å². The van der Waals surface area contributed by atoms with E-state index in [-0.39, 0.29) is 18.3 Å². The van der Waals surface area contributed by atoms with Crippen LogP contribution < -0.4 is 5.32 Å². The predicted octanol–water partition coefficient (Wildman–Crippen LogP) is 2.42. The molecule has 0 atom stereocenters. The van der Waals surface area contributed by atoms with Crippen molar-refractivity contribution in [2.75, 3.05) is 0 Å². The van der Waals surface area contributed by atoms with E-state index in [4.69, 9.17) is 0 Å². The number of aromatic nitrogens is 2. The van der Waals surface area contributed by atoms with E-state index in [2.05, 4.69) is 15.3 Å². The molecule has 1 aliphatic rings. The van der Waals surface area contributed by atoms with Crippen molar-refractivity contribution in [3.8, 4) is 0 Å². The Morgan fingerprint density at radius 1 is 1.30 bits per heavy atom. The maximum Gasteiger partial charge on any atom is 0.270 e. The third-order valence-corrected chi connectivity index (χ3v) is 3.31. The lowest BCUT2D eigenvalue weighted by Gasteiger charge is -2.06. The molecule has 3 rings (SSSR count). The van der Waals surface area contributed by atoms with Crippen LogP contribution in [0.2, 0.25) is 0 Å². The molecule has 0 radical (unpaired) electrons. The zero-order valence-corrected chi connectivity index (χ0v) is 10.8. The average Bonchev–Trinajstić information content (AvgIpc) is 3.31. The molecule has 0 saturated heterocycles. The zero-order chi connectivity index (χ0) is 13.9. The van der Waals surface area contributed by atoms with Crippen LogP contribution in [-0.2, 0) is 6.54 Å². The van der Waals surface area contributed by atoms with Crippen LogP contribution in [0.25, 0.3) is 0 Å². The summed E-state index contributed by atoms with van der Waals surface area (Å²) >= 11 is 0. The number of hydrogen-bond acceptors (Lipinski definition) is 3. The molecule has 0 bridgehead atoms. The van der Waals surface area contributed by atoms with E-state index in [1.807, 2.05) is 0 Å². The largest absolute Gasteiger partial charge is 0.347 e. The summed E-state index contributed by atoms with van der Waals surface area (Å²) in [6, 6.07) is 8.09. The number of carbonyl (C=O) groups is 1. The Kier molecular flexibility index (Phi) is 3.41. The molecule has 1 amide bonds. The summed E-state index contributed by atoms with van der Waals surface area (Å²) in [5.74, 6) is -0.164. The van der Waals surface area contributed by atoms with E-state index in [0.717, 1.165) is 18.5 Å². The topological polar surface area (TPSA) is 54.9 Å². The van der Waals surface area contributed by atoms with Crippen molar-refractivity contribution in [1.82, 2.24) is 15.3 Å². The minimum atomic E-state index is -0.325. The molecule has 0 aliphatic heterocycles. The highest BCUT2D eigenvalue weighted by Gasteiger charge is 2.25. The summed E-state index contributed by atoms with van der Waals surface area (Å²) < 4.78 is 13.4. The summed E-state index contributed by atoms with van der Waals surface area (Å²) in [5.41, 5.74) is 1.70. The summed E-state index contributed by atoms with van der Waals surface area (Å²) in [5, 5.41) is 2.67. The van der Waals surface area contributed by atoms with Gasteiger partial charge in [-0.25, -0.2) is 14.4 Å². The summed E-state index contributed by atoms with van der Waals surface area (Å²) in [6.45, 7) is 0.147. The Hall–Kier alpha value is -2.30. The van der Waals surface area contributed by atoms with Gasteiger partial charge in [0.25, 0.3) is 5.91 Å². The molecule has 4 nitrogen and oxygen atoms in total. The standard InChI is InChI=1S/C15H14FN3O/c16-12-4-2-1-3-11(12)8-17-15(20)14-7-13(10-5-6-10)18-9-19-14/h1-4,7,9-10H,5-6,8H2,(H,17,20). The van der Waals surface area contributed by atoms with Crippen LogP contribution in [-0.4, -0.2) is 15.9 Å². The molecule has 0 spiro atoms. The first kappa shape index (κ1) is 12.7. The third-order valence-electron chi connectivity index (χ3n) is 3.31. The lowest BCUT2D eigenvalue weighted by Crippen LogP contribution is -2.24.